The Bertz CT molecular complexity index is 1930. The second-order valence-electron chi connectivity index (χ2n) is 8.58. The smallest absolute Gasteiger partial charge is 0.230 e. The van der Waals surface area contributed by atoms with Gasteiger partial charge in [0.2, 0.25) is 11.4 Å². The lowest BCUT2D eigenvalue weighted by Gasteiger charge is -2.14. The summed E-state index contributed by atoms with van der Waals surface area (Å²) in [5.74, 6) is -2.39. The minimum atomic E-state index is -2.91. The highest BCUT2D eigenvalue weighted by Gasteiger charge is 2.25. The van der Waals surface area contributed by atoms with Gasteiger partial charge >= 0.3 is 0 Å². The van der Waals surface area contributed by atoms with Crippen LogP contribution in [0.25, 0.3) is 49.2 Å². The minimum Gasteiger partial charge on any atom is -0.466 e. The molecule has 5 rings (SSSR count). The average Bonchev–Trinajstić information content (AvgIpc) is 3.28. The Morgan fingerprint density at radius 3 is 2.56 bits per heavy atom. The van der Waals surface area contributed by atoms with E-state index in [-0.39, 0.29) is 28.6 Å². The van der Waals surface area contributed by atoms with Crippen molar-refractivity contribution in [1.29, 1.82) is 0 Å². The minimum absolute atomic E-state index is 0.222. The van der Waals surface area contributed by atoms with E-state index in [1.54, 1.807) is 24.6 Å². The number of hydrogen-bond acceptors (Lipinski definition) is 1. The molecule has 0 aliphatic heterocycles. The number of fused-ring (bicyclic) bond motifs is 3. The second-order valence-corrected chi connectivity index (χ2v) is 8.58. The van der Waals surface area contributed by atoms with Crippen molar-refractivity contribution in [2.24, 2.45) is 7.05 Å². The second kappa shape index (κ2) is 8.15. The van der Waals surface area contributed by atoms with Gasteiger partial charge in [0.1, 0.15) is 18.2 Å². The summed E-state index contributed by atoms with van der Waals surface area (Å²) in [6, 6.07) is 16.8. The molecule has 3 aromatic carbocycles. The van der Waals surface area contributed by atoms with Crippen molar-refractivity contribution in [3.63, 3.8) is 0 Å². The lowest BCUT2D eigenvalue weighted by atomic mass is 9.93. The van der Waals surface area contributed by atoms with Gasteiger partial charge in [-0.1, -0.05) is 56.2 Å². The molecule has 0 amide bonds. The maximum atomic E-state index is 9.28. The summed E-state index contributed by atoms with van der Waals surface area (Å²) >= 11 is 0. The molecule has 1 atom stereocenters. The first-order valence-electron chi connectivity index (χ1n) is 15.0. The van der Waals surface area contributed by atoms with E-state index in [0.29, 0.717) is 38.8 Å². The highest BCUT2D eigenvalue weighted by atomic mass is 16.3. The van der Waals surface area contributed by atoms with Crippen molar-refractivity contribution >= 4 is 27.6 Å². The van der Waals surface area contributed by atoms with E-state index in [0.717, 1.165) is 18.1 Å². The summed E-state index contributed by atoms with van der Waals surface area (Å²) in [5, 5.41) is 1.40. The summed E-state index contributed by atoms with van der Waals surface area (Å²) in [5.41, 5.74) is 3.80. The Labute approximate surface area is 212 Å². The Morgan fingerprint density at radius 2 is 1.85 bits per heavy atom. The molecular weight excluding hydrogens is 416 g/mol. The predicted molar refractivity (Wildman–Crippen MR) is 140 cm³/mol. The van der Waals surface area contributed by atoms with Gasteiger partial charge in [-0.25, -0.2) is 4.85 Å². The topological polar surface area (TPSA) is 21.4 Å². The summed E-state index contributed by atoms with van der Waals surface area (Å²) in [4.78, 5) is 3.73. The van der Waals surface area contributed by atoms with Gasteiger partial charge in [-0.2, -0.15) is 4.57 Å². The zero-order chi connectivity index (χ0) is 30.9. The number of hydrogen-bond donors (Lipinski definition) is 0. The molecule has 0 spiro atoms. The van der Waals surface area contributed by atoms with Crippen LogP contribution in [0.1, 0.15) is 53.0 Å². The maximum absolute atomic E-state index is 9.28. The van der Waals surface area contributed by atoms with Crippen LogP contribution in [0.4, 0.5) is 5.69 Å². The highest BCUT2D eigenvalue weighted by molar-refractivity contribution is 6.14. The molecule has 0 fully saturated rings. The first kappa shape index (κ1) is 14.4. The molecule has 0 N–H and O–H groups in total. The third kappa shape index (κ3) is 3.30. The normalized spacial score (nSPS) is 17.4. The number of furan rings is 1. The van der Waals surface area contributed by atoms with Gasteiger partial charge in [0, 0.05) is 38.9 Å². The van der Waals surface area contributed by atoms with Crippen molar-refractivity contribution in [2.75, 3.05) is 0 Å². The third-order valence-electron chi connectivity index (χ3n) is 6.46. The lowest BCUT2D eigenvalue weighted by molar-refractivity contribution is -0.667. The van der Waals surface area contributed by atoms with Crippen LogP contribution < -0.4 is 4.57 Å². The van der Waals surface area contributed by atoms with Gasteiger partial charge in [0.25, 0.3) is 0 Å². The Morgan fingerprint density at radius 1 is 1.06 bits per heavy atom. The molecule has 0 radical (unpaired) electrons. The number of benzene rings is 3. The van der Waals surface area contributed by atoms with Crippen molar-refractivity contribution in [2.45, 2.75) is 40.4 Å². The number of rotatable bonds is 3. The van der Waals surface area contributed by atoms with Gasteiger partial charge < -0.3 is 4.42 Å². The number of pyridine rings is 1. The van der Waals surface area contributed by atoms with Crippen LogP contribution in [0.5, 0.6) is 0 Å². The van der Waals surface area contributed by atoms with Crippen LogP contribution in [0.2, 0.25) is 0 Å². The van der Waals surface area contributed by atoms with Crippen LogP contribution in [-0.2, 0) is 7.05 Å². The van der Waals surface area contributed by atoms with E-state index in [1.807, 2.05) is 55.5 Å². The molecule has 2 heterocycles. The fourth-order valence-corrected chi connectivity index (χ4v) is 4.49. The van der Waals surface area contributed by atoms with Crippen molar-refractivity contribution in [3.8, 4) is 22.4 Å². The molecule has 0 aliphatic rings. The van der Waals surface area contributed by atoms with Crippen molar-refractivity contribution < 1.29 is 20.0 Å². The Hall–Kier alpha value is -3.90. The van der Waals surface area contributed by atoms with Crippen LogP contribution in [-0.4, -0.2) is 0 Å². The monoisotopic (exact) mass is 453 g/mol. The van der Waals surface area contributed by atoms with Crippen LogP contribution in [0.15, 0.2) is 65.1 Å². The van der Waals surface area contributed by atoms with E-state index in [9.17, 15) is 1.37 Å². The number of aryl methyl sites for hydroxylation is 1. The first-order valence-corrected chi connectivity index (χ1v) is 11.0. The zero-order valence-corrected chi connectivity index (χ0v) is 19.5. The van der Waals surface area contributed by atoms with E-state index in [4.69, 9.17) is 20.6 Å². The largest absolute Gasteiger partial charge is 0.466 e. The molecule has 0 saturated carbocycles. The number of nitrogens with zero attached hydrogens (tertiary/aromatic N) is 2. The van der Waals surface area contributed by atoms with Gasteiger partial charge in [-0.05, 0) is 54.1 Å². The average molecular weight is 454 g/mol. The molecule has 0 aliphatic carbocycles. The van der Waals surface area contributed by atoms with E-state index in [1.165, 1.54) is 0 Å². The van der Waals surface area contributed by atoms with Crippen LogP contribution in [0, 0.1) is 27.3 Å². The van der Waals surface area contributed by atoms with Gasteiger partial charge in [-0.3, -0.25) is 0 Å². The Balaban J connectivity index is 1.94. The molecule has 0 saturated heterocycles. The van der Waals surface area contributed by atoms with E-state index >= 15 is 0 Å². The van der Waals surface area contributed by atoms with Crippen LogP contribution in [0.3, 0.4) is 0 Å². The van der Waals surface area contributed by atoms with Gasteiger partial charge in [-0.15, -0.1) is 0 Å². The predicted octanol–water partition coefficient (Wildman–Crippen LogP) is 8.34. The van der Waals surface area contributed by atoms with Crippen molar-refractivity contribution in [1.82, 2.24) is 0 Å². The SMILES string of the molecule is [2H]c1c(C([2H])(C)C([2H])([2H])[2H])c(C([2H])([2H])[2H])c(C)[n+](C)c1-c1c(C)ccc2c1oc1c([N+]#[C-])cc(-c3ccccc3)cc12. The van der Waals surface area contributed by atoms with Gasteiger partial charge in [0.05, 0.1) is 13.5 Å². The Kier molecular flexibility index (Phi) is 3.45. The van der Waals surface area contributed by atoms with E-state index < -0.39 is 19.6 Å². The zero-order valence-electron chi connectivity index (χ0n) is 27.5. The molecule has 168 valence electrons. The summed E-state index contributed by atoms with van der Waals surface area (Å²) < 4.78 is 75.0. The summed E-state index contributed by atoms with van der Waals surface area (Å²) in [6.07, 6.45) is 0. The number of aromatic nitrogens is 1. The molecule has 5 aromatic rings. The highest BCUT2D eigenvalue weighted by Crippen LogP contribution is 2.43. The molecule has 3 heteroatoms. The quantitative estimate of drug-likeness (QED) is 0.199. The van der Waals surface area contributed by atoms with Crippen LogP contribution >= 0.6 is 0 Å². The standard InChI is InChI=1S/C31H29N2O/c1-18(2)25-17-28(33(7)21(5)20(25)4)29-19(3)13-14-24-26-15-23(22-11-9-8-10-12-22)16-27(32-6)30(26)34-31(24)29/h8-18H,1-5,7H3/q+1/i1D3,4D3,17D,18D. The van der Waals surface area contributed by atoms with Gasteiger partial charge in [0.15, 0.2) is 5.69 Å². The summed E-state index contributed by atoms with van der Waals surface area (Å²) in [7, 11) is 1.62. The lowest BCUT2D eigenvalue weighted by Crippen LogP contribution is -2.36. The van der Waals surface area contributed by atoms with E-state index in [2.05, 4.69) is 4.85 Å². The molecule has 1 unspecified atom stereocenters. The first-order chi connectivity index (χ1) is 19.5. The maximum Gasteiger partial charge on any atom is 0.230 e. The molecule has 0 bridgehead atoms. The third-order valence-corrected chi connectivity index (χ3v) is 6.46. The molecular formula is C31H29N2O+. The fraction of sp³-hybridized carbons (Fsp3) is 0.226. The fourth-order valence-electron chi connectivity index (χ4n) is 4.49. The molecule has 2 aromatic heterocycles. The molecule has 34 heavy (non-hydrogen) atoms. The molecule has 3 nitrogen and oxygen atoms in total. The van der Waals surface area contributed by atoms with Crippen molar-refractivity contribution in [3.05, 3.63) is 94.4 Å². The summed E-state index contributed by atoms with van der Waals surface area (Å²) in [6.45, 7) is 6.69.